The Hall–Kier alpha value is -2.12. The molecule has 2 aliphatic rings. The molecule has 0 spiro atoms. The second kappa shape index (κ2) is 9.00. The number of carbonyl (C=O) groups is 2. The van der Waals surface area contributed by atoms with E-state index in [1.807, 2.05) is 24.3 Å². The van der Waals surface area contributed by atoms with Crippen molar-refractivity contribution in [2.45, 2.75) is 12.8 Å². The zero-order chi connectivity index (χ0) is 18.4. The quantitative estimate of drug-likeness (QED) is 0.735. The highest BCUT2D eigenvalue weighted by atomic mass is 16.5. The first-order valence-electron chi connectivity index (χ1n) is 9.19. The van der Waals surface area contributed by atoms with Gasteiger partial charge in [-0.2, -0.15) is 0 Å². The van der Waals surface area contributed by atoms with E-state index in [-0.39, 0.29) is 24.2 Å². The summed E-state index contributed by atoms with van der Waals surface area (Å²) in [6.45, 7) is 4.61. The summed E-state index contributed by atoms with van der Waals surface area (Å²) in [5.74, 6) is -0.355. The summed E-state index contributed by atoms with van der Waals surface area (Å²) < 4.78 is 10.4. The lowest BCUT2D eigenvalue weighted by atomic mass is 10.1. The summed E-state index contributed by atoms with van der Waals surface area (Å²) in [4.78, 5) is 28.9. The van der Waals surface area contributed by atoms with Crippen LogP contribution in [0.4, 0.5) is 11.4 Å². The van der Waals surface area contributed by atoms with Crippen LogP contribution in [0.15, 0.2) is 24.3 Å². The number of hydrogen-bond donors (Lipinski definition) is 1. The fourth-order valence-corrected chi connectivity index (χ4v) is 3.45. The minimum atomic E-state index is -0.303. The molecule has 2 aliphatic heterocycles. The van der Waals surface area contributed by atoms with Crippen molar-refractivity contribution >= 4 is 23.2 Å². The number of nitrogens with one attached hydrogen (secondary N) is 1. The summed E-state index contributed by atoms with van der Waals surface area (Å²) in [6, 6.07) is 7.91. The van der Waals surface area contributed by atoms with E-state index in [0.29, 0.717) is 32.9 Å². The monoisotopic (exact) mass is 361 g/mol. The maximum Gasteiger partial charge on any atom is 0.227 e. The molecule has 0 radical (unpaired) electrons. The molecule has 26 heavy (non-hydrogen) atoms. The summed E-state index contributed by atoms with van der Waals surface area (Å²) in [5, 5.41) is 2.91. The molecule has 7 heteroatoms. The van der Waals surface area contributed by atoms with Crippen LogP contribution in [-0.2, 0) is 19.1 Å². The van der Waals surface area contributed by atoms with Gasteiger partial charge >= 0.3 is 0 Å². The molecule has 2 fully saturated rings. The number of carbonyl (C=O) groups excluding carboxylic acids is 2. The first kappa shape index (κ1) is 18.7. The van der Waals surface area contributed by atoms with Crippen molar-refractivity contribution in [2.75, 3.05) is 62.9 Å². The number of rotatable bonds is 7. The summed E-state index contributed by atoms with van der Waals surface area (Å²) >= 11 is 0. The fraction of sp³-hybridized carbons (Fsp3) is 0.579. The van der Waals surface area contributed by atoms with Crippen LogP contribution in [0, 0.1) is 5.92 Å². The molecule has 2 saturated heterocycles. The van der Waals surface area contributed by atoms with Crippen molar-refractivity contribution in [3.05, 3.63) is 24.3 Å². The molecule has 7 nitrogen and oxygen atoms in total. The molecule has 2 heterocycles. The minimum absolute atomic E-state index is 0.00255. The molecule has 0 saturated carbocycles. The van der Waals surface area contributed by atoms with E-state index in [2.05, 4.69) is 10.2 Å². The molecule has 2 amide bonds. The second-order valence-corrected chi connectivity index (χ2v) is 6.63. The molecular weight excluding hydrogens is 334 g/mol. The largest absolute Gasteiger partial charge is 0.385 e. The minimum Gasteiger partial charge on any atom is -0.385 e. The van der Waals surface area contributed by atoms with Gasteiger partial charge in [0.2, 0.25) is 11.8 Å². The Kier molecular flexibility index (Phi) is 6.46. The van der Waals surface area contributed by atoms with Crippen LogP contribution < -0.4 is 15.1 Å². The third-order valence-electron chi connectivity index (χ3n) is 4.84. The molecule has 142 valence electrons. The summed E-state index contributed by atoms with van der Waals surface area (Å²) in [7, 11) is 1.64. The van der Waals surface area contributed by atoms with Gasteiger partial charge in [-0.1, -0.05) is 12.1 Å². The van der Waals surface area contributed by atoms with Crippen molar-refractivity contribution in [2.24, 2.45) is 5.92 Å². The van der Waals surface area contributed by atoms with Crippen LogP contribution in [0.5, 0.6) is 0 Å². The van der Waals surface area contributed by atoms with Gasteiger partial charge in [0.05, 0.1) is 30.5 Å². The molecule has 1 aromatic carbocycles. The van der Waals surface area contributed by atoms with Gasteiger partial charge in [-0.05, 0) is 18.6 Å². The van der Waals surface area contributed by atoms with Crippen molar-refractivity contribution in [3.8, 4) is 0 Å². The third kappa shape index (κ3) is 4.34. The smallest absolute Gasteiger partial charge is 0.227 e. The number of benzene rings is 1. The van der Waals surface area contributed by atoms with Crippen LogP contribution in [0.25, 0.3) is 0 Å². The molecule has 1 aromatic rings. The molecule has 1 atom stereocenters. The van der Waals surface area contributed by atoms with Crippen LogP contribution in [0.1, 0.15) is 12.8 Å². The van der Waals surface area contributed by atoms with Crippen molar-refractivity contribution in [3.63, 3.8) is 0 Å². The number of ether oxygens (including phenoxy) is 2. The first-order chi connectivity index (χ1) is 12.7. The molecule has 0 aromatic heterocycles. The highest BCUT2D eigenvalue weighted by Crippen LogP contribution is 2.34. The second-order valence-electron chi connectivity index (χ2n) is 6.63. The zero-order valence-corrected chi connectivity index (χ0v) is 15.3. The summed E-state index contributed by atoms with van der Waals surface area (Å²) in [6.07, 6.45) is 1.03. The maximum atomic E-state index is 12.6. The summed E-state index contributed by atoms with van der Waals surface area (Å²) in [5.41, 5.74) is 1.92. The lowest BCUT2D eigenvalue weighted by molar-refractivity contribution is -0.126. The number of morpholine rings is 1. The predicted molar refractivity (Wildman–Crippen MR) is 99.4 cm³/mol. The van der Waals surface area contributed by atoms with E-state index >= 15 is 0 Å². The highest BCUT2D eigenvalue weighted by molar-refractivity contribution is 6.02. The number of hydrogen-bond acceptors (Lipinski definition) is 5. The third-order valence-corrected chi connectivity index (χ3v) is 4.84. The Bertz CT molecular complexity index is 631. The SMILES string of the molecule is COCCCNC(=O)C1CC(=O)N(c2ccccc2N2CCOCC2)C1. The molecule has 0 bridgehead atoms. The van der Waals surface area contributed by atoms with Gasteiger partial charge in [-0.15, -0.1) is 0 Å². The molecule has 0 aliphatic carbocycles. The Morgan fingerprint density at radius 2 is 2.00 bits per heavy atom. The van der Waals surface area contributed by atoms with Gasteiger partial charge in [-0.3, -0.25) is 9.59 Å². The van der Waals surface area contributed by atoms with Crippen LogP contribution >= 0.6 is 0 Å². The molecular formula is C19H27N3O4. The lowest BCUT2D eigenvalue weighted by Crippen LogP contribution is -2.38. The van der Waals surface area contributed by atoms with Gasteiger partial charge in [-0.25, -0.2) is 0 Å². The fourth-order valence-electron chi connectivity index (χ4n) is 3.45. The van der Waals surface area contributed by atoms with Crippen LogP contribution in [-0.4, -0.2) is 64.9 Å². The van der Waals surface area contributed by atoms with Gasteiger partial charge in [0.15, 0.2) is 0 Å². The molecule has 1 N–H and O–H groups in total. The Morgan fingerprint density at radius 3 is 2.73 bits per heavy atom. The highest BCUT2D eigenvalue weighted by Gasteiger charge is 2.36. The van der Waals surface area contributed by atoms with Gasteiger partial charge in [0.25, 0.3) is 0 Å². The van der Waals surface area contributed by atoms with E-state index in [1.54, 1.807) is 12.0 Å². The predicted octanol–water partition coefficient (Wildman–Crippen LogP) is 1.03. The van der Waals surface area contributed by atoms with E-state index < -0.39 is 0 Å². The molecule has 1 unspecified atom stereocenters. The van der Waals surface area contributed by atoms with Gasteiger partial charge in [0.1, 0.15) is 0 Å². The maximum absolute atomic E-state index is 12.6. The van der Waals surface area contributed by atoms with E-state index in [4.69, 9.17) is 9.47 Å². The number of amides is 2. The Morgan fingerprint density at radius 1 is 1.27 bits per heavy atom. The average Bonchev–Trinajstić information content (AvgIpc) is 3.07. The Labute approximate surface area is 154 Å². The topological polar surface area (TPSA) is 71.1 Å². The number of anilines is 2. The molecule has 3 rings (SSSR count). The van der Waals surface area contributed by atoms with Crippen molar-refractivity contribution < 1.29 is 19.1 Å². The van der Waals surface area contributed by atoms with E-state index in [0.717, 1.165) is 30.9 Å². The zero-order valence-electron chi connectivity index (χ0n) is 15.3. The Balaban J connectivity index is 1.66. The lowest BCUT2D eigenvalue weighted by Gasteiger charge is -2.32. The normalized spacial score (nSPS) is 20.5. The van der Waals surface area contributed by atoms with Crippen molar-refractivity contribution in [1.29, 1.82) is 0 Å². The average molecular weight is 361 g/mol. The first-order valence-corrected chi connectivity index (χ1v) is 9.19. The van der Waals surface area contributed by atoms with Crippen LogP contribution in [0.3, 0.4) is 0 Å². The van der Waals surface area contributed by atoms with Gasteiger partial charge in [0, 0.05) is 46.3 Å². The van der Waals surface area contributed by atoms with Crippen molar-refractivity contribution in [1.82, 2.24) is 5.32 Å². The number of para-hydroxylation sites is 2. The van der Waals surface area contributed by atoms with Crippen LogP contribution in [0.2, 0.25) is 0 Å². The van der Waals surface area contributed by atoms with Gasteiger partial charge < -0.3 is 24.6 Å². The standard InChI is InChI=1S/C19H27N3O4/c1-25-10-4-7-20-19(24)15-13-18(23)22(14-15)17-6-3-2-5-16(17)21-8-11-26-12-9-21/h2-3,5-6,15H,4,7-14H2,1H3,(H,20,24). The van der Waals surface area contributed by atoms with E-state index in [9.17, 15) is 9.59 Å². The van der Waals surface area contributed by atoms with E-state index in [1.165, 1.54) is 0 Å². The number of methoxy groups -OCH3 is 1. The number of nitrogens with zero attached hydrogens (tertiary/aromatic N) is 2.